The number of hydrogen-bond donors (Lipinski definition) is 2. The molecule has 0 aromatic heterocycles. The fourth-order valence-electron chi connectivity index (χ4n) is 3.64. The molecular weight excluding hydrogens is 507 g/mol. The third kappa shape index (κ3) is 5.97. The van der Waals surface area contributed by atoms with E-state index in [9.17, 15) is 14.4 Å². The summed E-state index contributed by atoms with van der Waals surface area (Å²) in [5.41, 5.74) is 4.33. The molecule has 0 radical (unpaired) electrons. The van der Waals surface area contributed by atoms with Gasteiger partial charge in [-0.15, -0.1) is 0 Å². The minimum atomic E-state index is -1.03. The molecule has 3 aromatic carbocycles. The van der Waals surface area contributed by atoms with Crippen molar-refractivity contribution < 1.29 is 14.4 Å². The number of hydrogen-bond acceptors (Lipinski definition) is 4. The summed E-state index contributed by atoms with van der Waals surface area (Å²) >= 11 is 17.6. The van der Waals surface area contributed by atoms with Crippen molar-refractivity contribution in [3.8, 4) is 0 Å². The van der Waals surface area contributed by atoms with E-state index in [0.29, 0.717) is 21.3 Å². The molecule has 1 aliphatic heterocycles. The monoisotopic (exact) mass is 526 g/mol. The van der Waals surface area contributed by atoms with Crippen molar-refractivity contribution in [2.24, 2.45) is 0 Å². The van der Waals surface area contributed by atoms with Crippen LogP contribution in [0.4, 0.5) is 5.69 Å². The number of carbonyl (C=O) groups is 3. The maximum absolute atomic E-state index is 13.4. The number of thiocarbonyl (C=S) groups is 1. The van der Waals surface area contributed by atoms with Gasteiger partial charge in [-0.25, -0.2) is 5.01 Å². The molecule has 0 aliphatic carbocycles. The Labute approximate surface area is 217 Å². The first-order chi connectivity index (χ1) is 16.8. The lowest BCUT2D eigenvalue weighted by Gasteiger charge is -2.24. The summed E-state index contributed by atoms with van der Waals surface area (Å²) in [7, 11) is 0. The Balaban J connectivity index is 1.56. The van der Waals surface area contributed by atoms with E-state index in [1.807, 2.05) is 30.3 Å². The van der Waals surface area contributed by atoms with Gasteiger partial charge >= 0.3 is 0 Å². The Kier molecular flexibility index (Phi) is 7.65. The van der Waals surface area contributed by atoms with Crippen LogP contribution in [-0.4, -0.2) is 38.8 Å². The molecule has 4 rings (SSSR count). The van der Waals surface area contributed by atoms with Crippen LogP contribution in [0.1, 0.15) is 22.3 Å². The minimum absolute atomic E-state index is 0.103. The van der Waals surface area contributed by atoms with Gasteiger partial charge in [-0.2, -0.15) is 0 Å². The van der Waals surface area contributed by atoms with Gasteiger partial charge < -0.3 is 5.32 Å². The fourth-order valence-corrected chi connectivity index (χ4v) is 4.49. The molecule has 1 aliphatic rings. The first kappa shape index (κ1) is 24.7. The molecule has 1 saturated heterocycles. The van der Waals surface area contributed by atoms with Crippen LogP contribution >= 0.6 is 35.4 Å². The molecule has 2 N–H and O–H groups in total. The third-order valence-electron chi connectivity index (χ3n) is 5.27. The number of nitrogens with zero attached hydrogens (tertiary/aromatic N) is 2. The predicted molar refractivity (Wildman–Crippen MR) is 139 cm³/mol. The van der Waals surface area contributed by atoms with Gasteiger partial charge in [0.25, 0.3) is 11.8 Å². The number of halogens is 2. The molecular formula is C25H20Cl2N4O3S. The van der Waals surface area contributed by atoms with Gasteiger partial charge in [0.15, 0.2) is 5.11 Å². The summed E-state index contributed by atoms with van der Waals surface area (Å²) in [6.45, 7) is 0.207. The third-order valence-corrected chi connectivity index (χ3v) is 6.12. The highest BCUT2D eigenvalue weighted by atomic mass is 35.5. The van der Waals surface area contributed by atoms with Gasteiger partial charge in [0, 0.05) is 21.3 Å². The molecule has 0 bridgehead atoms. The molecule has 1 heterocycles. The maximum atomic E-state index is 13.4. The van der Waals surface area contributed by atoms with Crippen LogP contribution in [-0.2, 0) is 16.1 Å². The highest BCUT2D eigenvalue weighted by molar-refractivity contribution is 7.80. The predicted octanol–water partition coefficient (Wildman–Crippen LogP) is 4.66. The van der Waals surface area contributed by atoms with Gasteiger partial charge in [-0.3, -0.25) is 24.7 Å². The normalized spacial score (nSPS) is 15.3. The Morgan fingerprint density at radius 2 is 1.51 bits per heavy atom. The van der Waals surface area contributed by atoms with Gasteiger partial charge in [0.1, 0.15) is 6.04 Å². The zero-order valence-corrected chi connectivity index (χ0v) is 20.6. The summed E-state index contributed by atoms with van der Waals surface area (Å²) < 4.78 is 0. The van der Waals surface area contributed by atoms with Crippen LogP contribution in [0.25, 0.3) is 0 Å². The molecule has 1 unspecified atom stereocenters. The van der Waals surface area contributed by atoms with E-state index in [-0.39, 0.29) is 18.1 Å². The number of hydrazine groups is 1. The lowest BCUT2D eigenvalue weighted by molar-refractivity contribution is -0.131. The topological polar surface area (TPSA) is 81.8 Å². The largest absolute Gasteiger partial charge is 0.326 e. The average molecular weight is 527 g/mol. The zero-order valence-electron chi connectivity index (χ0n) is 18.3. The van der Waals surface area contributed by atoms with Crippen LogP contribution in [0.15, 0.2) is 78.9 Å². The van der Waals surface area contributed by atoms with Crippen molar-refractivity contribution in [3.63, 3.8) is 0 Å². The number of amides is 3. The average Bonchev–Trinajstić information content (AvgIpc) is 3.03. The number of anilines is 1. The van der Waals surface area contributed by atoms with E-state index in [0.717, 1.165) is 5.56 Å². The SMILES string of the molecule is O=C(CC1C(=O)N(Cc2ccccc2)C(=S)N1NC(=O)c1ccccc1)Nc1cc(Cl)cc(Cl)c1. The van der Waals surface area contributed by atoms with Crippen molar-refractivity contribution in [1.82, 2.24) is 15.3 Å². The van der Waals surface area contributed by atoms with Crippen molar-refractivity contribution >= 4 is 63.9 Å². The summed E-state index contributed by atoms with van der Waals surface area (Å²) in [6, 6.07) is 21.4. The number of carbonyl (C=O) groups excluding carboxylic acids is 3. The molecule has 3 amide bonds. The Morgan fingerprint density at radius 1 is 0.914 bits per heavy atom. The fraction of sp³-hybridized carbons (Fsp3) is 0.120. The highest BCUT2D eigenvalue weighted by Gasteiger charge is 2.44. The standard InChI is InChI=1S/C25H20Cl2N4O3S/c26-18-11-19(27)13-20(12-18)28-22(32)14-21-24(34)30(15-16-7-3-1-4-8-16)25(35)31(21)29-23(33)17-9-5-2-6-10-17/h1-13,21H,14-15H2,(H,28,32)(H,29,33). The second-order valence-corrected chi connectivity index (χ2v) is 9.03. The second-order valence-electron chi connectivity index (χ2n) is 7.80. The summed E-state index contributed by atoms with van der Waals surface area (Å²) in [4.78, 5) is 40.4. The Hall–Kier alpha value is -3.46. The van der Waals surface area contributed by atoms with Gasteiger partial charge in [-0.1, -0.05) is 71.7 Å². The Bertz CT molecular complexity index is 1250. The maximum Gasteiger partial charge on any atom is 0.269 e. The smallest absolute Gasteiger partial charge is 0.269 e. The van der Waals surface area contributed by atoms with Gasteiger partial charge in [-0.05, 0) is 48.1 Å². The van der Waals surface area contributed by atoms with Crippen molar-refractivity contribution in [2.45, 2.75) is 19.0 Å². The van der Waals surface area contributed by atoms with Crippen LogP contribution < -0.4 is 10.7 Å². The molecule has 7 nitrogen and oxygen atoms in total. The van der Waals surface area contributed by atoms with Crippen LogP contribution in [0.5, 0.6) is 0 Å². The van der Waals surface area contributed by atoms with Gasteiger partial charge in [0.2, 0.25) is 5.91 Å². The lowest BCUT2D eigenvalue weighted by atomic mass is 10.1. The van der Waals surface area contributed by atoms with Crippen molar-refractivity contribution in [2.75, 3.05) is 5.32 Å². The molecule has 1 fully saturated rings. The summed E-state index contributed by atoms with van der Waals surface area (Å²) in [5.74, 6) is -1.31. The molecule has 0 spiro atoms. The molecule has 178 valence electrons. The van der Waals surface area contributed by atoms with E-state index < -0.39 is 23.8 Å². The van der Waals surface area contributed by atoms with Crippen molar-refractivity contribution in [1.29, 1.82) is 0 Å². The molecule has 0 saturated carbocycles. The Morgan fingerprint density at radius 3 is 2.14 bits per heavy atom. The molecule has 35 heavy (non-hydrogen) atoms. The van der Waals surface area contributed by atoms with Crippen molar-refractivity contribution in [3.05, 3.63) is 100 Å². The number of rotatable bonds is 7. The van der Waals surface area contributed by atoms with E-state index >= 15 is 0 Å². The molecule has 10 heteroatoms. The highest BCUT2D eigenvalue weighted by Crippen LogP contribution is 2.25. The minimum Gasteiger partial charge on any atom is -0.326 e. The molecule has 1 atom stereocenters. The number of benzene rings is 3. The van der Waals surface area contributed by atoms with E-state index in [1.54, 1.807) is 48.5 Å². The van der Waals surface area contributed by atoms with E-state index in [1.165, 1.54) is 9.91 Å². The zero-order chi connectivity index (χ0) is 24.9. The first-order valence-electron chi connectivity index (χ1n) is 10.6. The van der Waals surface area contributed by atoms with E-state index in [2.05, 4.69) is 10.7 Å². The summed E-state index contributed by atoms with van der Waals surface area (Å²) in [6.07, 6.45) is -0.260. The lowest BCUT2D eigenvalue weighted by Crippen LogP contribution is -2.49. The van der Waals surface area contributed by atoms with Gasteiger partial charge in [0.05, 0.1) is 13.0 Å². The van der Waals surface area contributed by atoms with Crippen LogP contribution in [0.2, 0.25) is 10.0 Å². The van der Waals surface area contributed by atoms with Crippen LogP contribution in [0, 0.1) is 0 Å². The van der Waals surface area contributed by atoms with E-state index in [4.69, 9.17) is 35.4 Å². The molecule has 3 aromatic rings. The van der Waals surface area contributed by atoms with Crippen LogP contribution in [0.3, 0.4) is 0 Å². The summed E-state index contributed by atoms with van der Waals surface area (Å²) in [5, 5.41) is 4.79. The number of nitrogens with one attached hydrogen (secondary N) is 2. The quantitative estimate of drug-likeness (QED) is 0.437. The second kappa shape index (κ2) is 10.9. The first-order valence-corrected chi connectivity index (χ1v) is 11.8.